The van der Waals surface area contributed by atoms with Gasteiger partial charge in [0.1, 0.15) is 6.04 Å². The van der Waals surface area contributed by atoms with Crippen LogP contribution in [0, 0.1) is 10.1 Å². The summed E-state index contributed by atoms with van der Waals surface area (Å²) in [6.07, 6.45) is -0.0856. The number of hydrogen-bond acceptors (Lipinski definition) is 6. The first-order chi connectivity index (χ1) is 17.2. The predicted molar refractivity (Wildman–Crippen MR) is 136 cm³/mol. The van der Waals surface area contributed by atoms with E-state index >= 15 is 0 Å². The molecule has 0 unspecified atom stereocenters. The number of fused-ring (bicyclic) bond motifs is 1. The minimum absolute atomic E-state index is 0.0856. The van der Waals surface area contributed by atoms with Crippen molar-refractivity contribution in [3.05, 3.63) is 112 Å². The van der Waals surface area contributed by atoms with Crippen LogP contribution in [0.1, 0.15) is 16.8 Å². The molecule has 184 valence electrons. The van der Waals surface area contributed by atoms with Gasteiger partial charge >= 0.3 is 5.97 Å². The second-order valence-corrected chi connectivity index (χ2v) is 9.68. The molecule has 0 aliphatic rings. The second-order valence-electron chi connectivity index (χ2n) is 7.99. The van der Waals surface area contributed by atoms with Gasteiger partial charge in [0.05, 0.1) is 12.0 Å². The largest absolute Gasteiger partial charge is 0.468 e. The fourth-order valence-corrected chi connectivity index (χ4v) is 5.42. The lowest BCUT2D eigenvalue weighted by Crippen LogP contribution is -2.43. The van der Waals surface area contributed by atoms with Gasteiger partial charge in [0.15, 0.2) is 4.90 Å². The van der Waals surface area contributed by atoms with Crippen molar-refractivity contribution in [3.8, 4) is 0 Å². The second kappa shape index (κ2) is 10.1. The van der Waals surface area contributed by atoms with Crippen LogP contribution in [0.4, 0.5) is 5.69 Å². The number of sulfonamides is 1. The molecule has 1 aromatic heterocycles. The van der Waals surface area contributed by atoms with Crippen LogP contribution in [-0.2, 0) is 26.0 Å². The summed E-state index contributed by atoms with van der Waals surface area (Å²) in [6, 6.07) is 20.4. The third-order valence-electron chi connectivity index (χ3n) is 5.78. The zero-order chi connectivity index (χ0) is 25.9. The van der Waals surface area contributed by atoms with E-state index in [1.807, 2.05) is 54.6 Å². The molecule has 0 fully saturated rings. The molecule has 0 aliphatic carbocycles. The molecule has 3 aromatic carbocycles. The number of nitrogens with zero attached hydrogens (tertiary/aromatic N) is 1. The van der Waals surface area contributed by atoms with Crippen molar-refractivity contribution in [2.75, 3.05) is 7.11 Å². The smallest absolute Gasteiger partial charge is 0.324 e. The van der Waals surface area contributed by atoms with Crippen LogP contribution in [0.5, 0.6) is 0 Å². The molecule has 2 N–H and O–H groups in total. The van der Waals surface area contributed by atoms with Crippen molar-refractivity contribution >= 4 is 38.2 Å². The molecular weight excluding hydrogens is 482 g/mol. The van der Waals surface area contributed by atoms with E-state index in [2.05, 4.69) is 16.3 Å². The number of nitro groups is 1. The molecule has 0 aliphatic heterocycles. The Morgan fingerprint density at radius 2 is 1.69 bits per heavy atom. The third-order valence-corrected chi connectivity index (χ3v) is 7.30. The van der Waals surface area contributed by atoms with Gasteiger partial charge in [0, 0.05) is 29.1 Å². The number of methoxy groups -OCH3 is 1. The molecule has 36 heavy (non-hydrogen) atoms. The molecule has 1 heterocycles. The summed E-state index contributed by atoms with van der Waals surface area (Å²) in [5.41, 5.74) is 2.98. The van der Waals surface area contributed by atoms with Crippen molar-refractivity contribution < 1.29 is 22.9 Å². The third kappa shape index (κ3) is 4.90. The number of nitrogens with one attached hydrogen (secondary N) is 2. The highest BCUT2D eigenvalue weighted by Crippen LogP contribution is 2.32. The van der Waals surface area contributed by atoms with Crippen LogP contribution in [0.25, 0.3) is 16.5 Å². The van der Waals surface area contributed by atoms with E-state index in [1.165, 1.54) is 12.1 Å². The number of ether oxygens (including phenoxy) is 1. The number of hydrogen-bond donors (Lipinski definition) is 2. The fraction of sp³-hybridized carbons (Fsp3) is 0.115. The van der Waals surface area contributed by atoms with E-state index in [-0.39, 0.29) is 6.42 Å². The Morgan fingerprint density at radius 1 is 1.06 bits per heavy atom. The number of H-pyrrole nitrogens is 1. The monoisotopic (exact) mass is 505 g/mol. The molecule has 0 radical (unpaired) electrons. The molecule has 4 aromatic rings. The molecule has 10 heteroatoms. The molecule has 0 spiro atoms. The summed E-state index contributed by atoms with van der Waals surface area (Å²) in [5.74, 6) is -0.835. The van der Waals surface area contributed by atoms with Gasteiger partial charge in [-0.05, 0) is 28.8 Å². The number of rotatable bonds is 9. The quantitative estimate of drug-likeness (QED) is 0.199. The number of carbonyl (C=O) groups is 1. The number of aromatic amines is 1. The minimum atomic E-state index is -4.46. The summed E-state index contributed by atoms with van der Waals surface area (Å²) >= 11 is 0. The van der Waals surface area contributed by atoms with Crippen molar-refractivity contribution in [2.45, 2.75) is 17.4 Å². The van der Waals surface area contributed by atoms with Gasteiger partial charge in [-0.3, -0.25) is 14.9 Å². The number of aromatic nitrogens is 1. The van der Waals surface area contributed by atoms with Gasteiger partial charge in [-0.1, -0.05) is 67.2 Å². The van der Waals surface area contributed by atoms with Crippen LogP contribution < -0.4 is 4.72 Å². The molecule has 1 atom stereocenters. The number of carbonyl (C=O) groups excluding carboxylic acids is 1. The summed E-state index contributed by atoms with van der Waals surface area (Å²) < 4.78 is 33.5. The van der Waals surface area contributed by atoms with Crippen LogP contribution in [0.3, 0.4) is 0 Å². The Labute approximate surface area is 207 Å². The van der Waals surface area contributed by atoms with Gasteiger partial charge < -0.3 is 9.72 Å². The Kier molecular flexibility index (Phi) is 7.00. The Morgan fingerprint density at radius 3 is 2.39 bits per heavy atom. The number of para-hydroxylation sites is 2. The van der Waals surface area contributed by atoms with Crippen LogP contribution in [0.2, 0.25) is 0 Å². The predicted octanol–water partition coefficient (Wildman–Crippen LogP) is 4.20. The highest BCUT2D eigenvalue weighted by molar-refractivity contribution is 7.89. The SMILES string of the molecule is C=C(c1ccccc1)c1[nH]c2ccccc2c1C[C@H](NS(=O)(=O)c1ccccc1[N+](=O)[O-])C(=O)OC. The van der Waals surface area contributed by atoms with E-state index in [1.54, 1.807) is 0 Å². The Bertz CT molecular complexity index is 1560. The molecular formula is C26H23N3O6S. The number of nitro benzene ring substituents is 1. The highest BCUT2D eigenvalue weighted by Gasteiger charge is 2.32. The maximum absolute atomic E-state index is 13.2. The number of esters is 1. The minimum Gasteiger partial charge on any atom is -0.468 e. The summed E-state index contributed by atoms with van der Waals surface area (Å²) in [4.78, 5) is 26.1. The summed E-state index contributed by atoms with van der Waals surface area (Å²) in [5, 5.41) is 12.2. The highest BCUT2D eigenvalue weighted by atomic mass is 32.2. The number of benzene rings is 3. The van der Waals surface area contributed by atoms with Gasteiger partial charge in [-0.15, -0.1) is 0 Å². The van der Waals surface area contributed by atoms with Gasteiger partial charge in [0.25, 0.3) is 5.69 Å². The van der Waals surface area contributed by atoms with Crippen molar-refractivity contribution in [2.24, 2.45) is 0 Å². The zero-order valence-electron chi connectivity index (χ0n) is 19.3. The van der Waals surface area contributed by atoms with E-state index in [0.29, 0.717) is 16.8 Å². The van der Waals surface area contributed by atoms with Gasteiger partial charge in [-0.2, -0.15) is 4.72 Å². The molecule has 0 saturated carbocycles. The van der Waals surface area contributed by atoms with Crippen molar-refractivity contribution in [3.63, 3.8) is 0 Å². The maximum atomic E-state index is 13.2. The Balaban J connectivity index is 1.78. The van der Waals surface area contributed by atoms with Crippen molar-refractivity contribution in [1.82, 2.24) is 9.71 Å². The normalized spacial score (nSPS) is 12.2. The summed E-state index contributed by atoms with van der Waals surface area (Å²) in [6.45, 7) is 4.22. The lowest BCUT2D eigenvalue weighted by atomic mass is 9.96. The molecule has 0 bridgehead atoms. The van der Waals surface area contributed by atoms with E-state index in [9.17, 15) is 23.3 Å². The lowest BCUT2D eigenvalue weighted by molar-refractivity contribution is -0.387. The van der Waals surface area contributed by atoms with Gasteiger partial charge in [0.2, 0.25) is 10.0 Å². The lowest BCUT2D eigenvalue weighted by Gasteiger charge is -2.18. The molecule has 0 saturated heterocycles. The average Bonchev–Trinajstić information content (AvgIpc) is 3.26. The first-order valence-corrected chi connectivity index (χ1v) is 12.4. The van der Waals surface area contributed by atoms with Crippen LogP contribution in [0.15, 0.2) is 90.3 Å². The molecule has 4 rings (SSSR count). The van der Waals surface area contributed by atoms with Crippen molar-refractivity contribution in [1.29, 1.82) is 0 Å². The molecule has 9 nitrogen and oxygen atoms in total. The average molecular weight is 506 g/mol. The zero-order valence-corrected chi connectivity index (χ0v) is 20.1. The summed E-state index contributed by atoms with van der Waals surface area (Å²) in [7, 11) is -3.31. The van der Waals surface area contributed by atoms with E-state index in [4.69, 9.17) is 4.74 Å². The maximum Gasteiger partial charge on any atom is 0.324 e. The fourth-order valence-electron chi connectivity index (χ4n) is 4.06. The standard InChI is InChI=1S/C26H23N3O6S/c1-17(18-10-4-3-5-11-18)25-20(19-12-6-7-13-21(19)27-25)16-22(26(30)35-2)28-36(33,34)24-15-9-8-14-23(24)29(31)32/h3-15,22,27-28H,1,16H2,2H3/t22-/m0/s1. The first-order valence-electron chi connectivity index (χ1n) is 10.9. The van der Waals surface area contributed by atoms with E-state index in [0.717, 1.165) is 35.7 Å². The Hall–Kier alpha value is -4.28. The van der Waals surface area contributed by atoms with Crippen LogP contribution >= 0.6 is 0 Å². The van der Waals surface area contributed by atoms with E-state index < -0.39 is 37.5 Å². The van der Waals surface area contributed by atoms with Gasteiger partial charge in [-0.25, -0.2) is 8.42 Å². The first kappa shape index (κ1) is 24.8. The van der Waals surface area contributed by atoms with Crippen LogP contribution in [-0.4, -0.2) is 37.4 Å². The topological polar surface area (TPSA) is 131 Å². The molecule has 0 amide bonds.